The van der Waals surface area contributed by atoms with E-state index in [0.717, 1.165) is 39.1 Å². The molecule has 0 bridgehead atoms. The Bertz CT molecular complexity index is 315. The maximum absolute atomic E-state index is 11.7. The highest BCUT2D eigenvalue weighted by atomic mass is 16.5. The molecule has 0 aromatic carbocycles. The van der Waals surface area contributed by atoms with Crippen LogP contribution in [-0.4, -0.2) is 72.7 Å². The molecule has 2 fully saturated rings. The number of ether oxygens (including phenoxy) is 1. The molecular formula is C12H20N2O4. The van der Waals surface area contributed by atoms with Crippen molar-refractivity contribution in [1.29, 1.82) is 0 Å². The number of amides is 1. The first-order chi connectivity index (χ1) is 8.65. The molecule has 2 rings (SSSR count). The molecule has 0 aliphatic carbocycles. The van der Waals surface area contributed by atoms with E-state index in [1.54, 1.807) is 0 Å². The van der Waals surface area contributed by atoms with Gasteiger partial charge in [-0.1, -0.05) is 0 Å². The van der Waals surface area contributed by atoms with Crippen LogP contribution in [0, 0.1) is 5.92 Å². The average Bonchev–Trinajstić information content (AvgIpc) is 2.82. The number of hydrogen-bond donors (Lipinski definition) is 1. The molecule has 1 unspecified atom stereocenters. The highest BCUT2D eigenvalue weighted by Crippen LogP contribution is 2.17. The van der Waals surface area contributed by atoms with E-state index in [1.165, 1.54) is 4.90 Å². The predicted molar refractivity (Wildman–Crippen MR) is 64.2 cm³/mol. The summed E-state index contributed by atoms with van der Waals surface area (Å²) in [6.07, 6.45) is 2.18. The van der Waals surface area contributed by atoms with Gasteiger partial charge in [0.05, 0.1) is 6.54 Å². The van der Waals surface area contributed by atoms with E-state index in [1.807, 2.05) is 0 Å². The molecule has 6 nitrogen and oxygen atoms in total. The summed E-state index contributed by atoms with van der Waals surface area (Å²) in [4.78, 5) is 25.8. The van der Waals surface area contributed by atoms with Gasteiger partial charge in [-0.15, -0.1) is 0 Å². The van der Waals surface area contributed by atoms with Gasteiger partial charge in [0.15, 0.2) is 0 Å². The smallest absolute Gasteiger partial charge is 0.323 e. The Morgan fingerprint density at radius 1 is 1.44 bits per heavy atom. The molecule has 2 heterocycles. The number of piperazine rings is 1. The number of carbonyl (C=O) groups is 2. The summed E-state index contributed by atoms with van der Waals surface area (Å²) in [6.45, 7) is 4.06. The van der Waals surface area contributed by atoms with Gasteiger partial charge in [-0.25, -0.2) is 0 Å². The van der Waals surface area contributed by atoms with Crippen LogP contribution in [0.3, 0.4) is 0 Å². The number of nitrogens with zero attached hydrogens (tertiary/aromatic N) is 2. The Morgan fingerprint density at radius 2 is 2.28 bits per heavy atom. The van der Waals surface area contributed by atoms with Crippen molar-refractivity contribution < 1.29 is 19.4 Å². The lowest BCUT2D eigenvalue weighted by molar-refractivity contribution is -0.147. The van der Waals surface area contributed by atoms with E-state index in [0.29, 0.717) is 19.0 Å². The van der Waals surface area contributed by atoms with Gasteiger partial charge < -0.3 is 14.7 Å². The molecule has 2 saturated heterocycles. The van der Waals surface area contributed by atoms with Crippen LogP contribution in [0.4, 0.5) is 0 Å². The Hall–Kier alpha value is -1.14. The van der Waals surface area contributed by atoms with E-state index in [-0.39, 0.29) is 12.5 Å². The molecule has 18 heavy (non-hydrogen) atoms. The van der Waals surface area contributed by atoms with Gasteiger partial charge in [0, 0.05) is 26.3 Å². The summed E-state index contributed by atoms with van der Waals surface area (Å²) in [5, 5.41) is 8.67. The van der Waals surface area contributed by atoms with Crippen LogP contribution in [-0.2, 0) is 14.3 Å². The number of rotatable bonds is 5. The third-order valence-corrected chi connectivity index (χ3v) is 3.60. The van der Waals surface area contributed by atoms with Crippen LogP contribution in [0.15, 0.2) is 0 Å². The van der Waals surface area contributed by atoms with E-state index < -0.39 is 5.97 Å². The summed E-state index contributed by atoms with van der Waals surface area (Å²) < 4.78 is 5.32. The van der Waals surface area contributed by atoms with Crippen molar-refractivity contribution in [1.82, 2.24) is 9.80 Å². The fraction of sp³-hybridized carbons (Fsp3) is 0.833. The first-order valence-corrected chi connectivity index (χ1v) is 6.45. The number of aliphatic carboxylic acids is 1. The fourth-order valence-corrected chi connectivity index (χ4v) is 2.45. The molecule has 2 aliphatic heterocycles. The summed E-state index contributed by atoms with van der Waals surface area (Å²) in [6, 6.07) is 0. The molecule has 1 N–H and O–H groups in total. The molecule has 1 atom stereocenters. The third-order valence-electron chi connectivity index (χ3n) is 3.60. The van der Waals surface area contributed by atoms with Crippen molar-refractivity contribution in [3.8, 4) is 0 Å². The van der Waals surface area contributed by atoms with Crippen LogP contribution in [0.1, 0.15) is 12.8 Å². The summed E-state index contributed by atoms with van der Waals surface area (Å²) >= 11 is 0. The van der Waals surface area contributed by atoms with Crippen LogP contribution < -0.4 is 0 Å². The normalized spacial score (nSPS) is 25.7. The molecule has 0 aromatic rings. The zero-order chi connectivity index (χ0) is 13.0. The van der Waals surface area contributed by atoms with E-state index in [9.17, 15) is 9.59 Å². The largest absolute Gasteiger partial charge is 0.480 e. The zero-order valence-electron chi connectivity index (χ0n) is 10.5. The minimum atomic E-state index is -0.945. The lowest BCUT2D eigenvalue weighted by atomic mass is 10.0. The van der Waals surface area contributed by atoms with Gasteiger partial charge in [0.25, 0.3) is 0 Å². The van der Waals surface area contributed by atoms with Crippen LogP contribution in [0.2, 0.25) is 0 Å². The molecule has 0 aromatic heterocycles. The Kier molecular flexibility index (Phi) is 4.54. The number of hydrogen-bond acceptors (Lipinski definition) is 4. The Labute approximate surface area is 106 Å². The first-order valence-electron chi connectivity index (χ1n) is 6.45. The second kappa shape index (κ2) is 6.15. The maximum atomic E-state index is 11.7. The van der Waals surface area contributed by atoms with Crippen LogP contribution >= 0.6 is 0 Å². The van der Waals surface area contributed by atoms with Crippen molar-refractivity contribution >= 4 is 11.9 Å². The zero-order valence-corrected chi connectivity index (χ0v) is 10.5. The highest BCUT2D eigenvalue weighted by molar-refractivity contribution is 5.83. The fourth-order valence-electron chi connectivity index (χ4n) is 2.45. The molecule has 2 aliphatic rings. The molecule has 6 heteroatoms. The number of carbonyl (C=O) groups excluding carboxylic acids is 1. The van der Waals surface area contributed by atoms with E-state index >= 15 is 0 Å². The predicted octanol–water partition coefficient (Wildman–Crippen LogP) is -0.358. The molecule has 1 amide bonds. The summed E-state index contributed by atoms with van der Waals surface area (Å²) in [5.41, 5.74) is 0. The van der Waals surface area contributed by atoms with Crippen molar-refractivity contribution in [2.45, 2.75) is 12.8 Å². The first kappa shape index (κ1) is 13.3. The summed E-state index contributed by atoms with van der Waals surface area (Å²) in [7, 11) is 0. The molecule has 0 radical (unpaired) electrons. The SMILES string of the molecule is O=C(O)CN1CCN(CCC2CCOC2)CC1=O. The van der Waals surface area contributed by atoms with Gasteiger partial charge in [-0.2, -0.15) is 0 Å². The maximum Gasteiger partial charge on any atom is 0.323 e. The minimum absolute atomic E-state index is 0.0775. The Morgan fingerprint density at radius 3 is 2.89 bits per heavy atom. The minimum Gasteiger partial charge on any atom is -0.480 e. The molecule has 0 saturated carbocycles. The van der Waals surface area contributed by atoms with Crippen LogP contribution in [0.25, 0.3) is 0 Å². The average molecular weight is 256 g/mol. The van der Waals surface area contributed by atoms with E-state index in [2.05, 4.69) is 4.90 Å². The monoisotopic (exact) mass is 256 g/mol. The second-order valence-corrected chi connectivity index (χ2v) is 5.00. The van der Waals surface area contributed by atoms with Crippen molar-refractivity contribution in [2.24, 2.45) is 5.92 Å². The number of carboxylic acids is 1. The van der Waals surface area contributed by atoms with Gasteiger partial charge in [-0.3, -0.25) is 14.5 Å². The summed E-state index contributed by atoms with van der Waals surface area (Å²) in [5.74, 6) is -0.400. The lowest BCUT2D eigenvalue weighted by Gasteiger charge is -2.33. The number of carboxylic acid groups (broad SMARTS) is 1. The van der Waals surface area contributed by atoms with E-state index in [4.69, 9.17) is 9.84 Å². The topological polar surface area (TPSA) is 70.1 Å². The van der Waals surface area contributed by atoms with Gasteiger partial charge in [-0.05, 0) is 25.3 Å². The van der Waals surface area contributed by atoms with Crippen LogP contribution in [0.5, 0.6) is 0 Å². The molecular weight excluding hydrogens is 236 g/mol. The second-order valence-electron chi connectivity index (χ2n) is 5.00. The quantitative estimate of drug-likeness (QED) is 0.727. The standard InChI is InChI=1S/C12H20N2O4/c15-11-7-13(3-1-10-2-6-18-9-10)4-5-14(11)8-12(16)17/h10H,1-9H2,(H,16,17). The molecule has 0 spiro atoms. The molecule has 102 valence electrons. The lowest BCUT2D eigenvalue weighted by Crippen LogP contribution is -2.52. The van der Waals surface area contributed by atoms with Crippen molar-refractivity contribution in [2.75, 3.05) is 45.9 Å². The van der Waals surface area contributed by atoms with Crippen molar-refractivity contribution in [3.63, 3.8) is 0 Å². The highest BCUT2D eigenvalue weighted by Gasteiger charge is 2.26. The Balaban J connectivity index is 1.70. The van der Waals surface area contributed by atoms with Gasteiger partial charge in [0.1, 0.15) is 6.54 Å². The van der Waals surface area contributed by atoms with Crippen molar-refractivity contribution in [3.05, 3.63) is 0 Å². The van der Waals surface area contributed by atoms with Gasteiger partial charge >= 0.3 is 5.97 Å². The van der Waals surface area contributed by atoms with Gasteiger partial charge in [0.2, 0.25) is 5.91 Å². The third kappa shape index (κ3) is 3.68.